The number of nitro benzene ring substituents is 1. The Hall–Kier alpha value is -1.95. The molecule has 1 aromatic rings. The topological polar surface area (TPSA) is 95.5 Å². The van der Waals surface area contributed by atoms with Gasteiger partial charge in [-0.15, -0.1) is 0 Å². The number of rotatable bonds is 1. The lowest BCUT2D eigenvalue weighted by atomic mass is 10.0. The summed E-state index contributed by atoms with van der Waals surface area (Å²) in [6.45, 7) is 0. The molecule has 78 valence electrons. The summed E-state index contributed by atoms with van der Waals surface area (Å²) in [6, 6.07) is 3.49. The first-order chi connectivity index (χ1) is 7.08. The number of hydrogen-bond acceptors (Lipinski definition) is 5. The molecule has 0 amide bonds. The van der Waals surface area contributed by atoms with Crippen LogP contribution in [0.5, 0.6) is 5.75 Å². The van der Waals surface area contributed by atoms with Gasteiger partial charge in [0, 0.05) is 23.7 Å². The standard InChI is InChI=1S/C9H8N2O4/c10-7-4-9(12)15-8-2-1-5(11(13)14)3-6(7)8/h1-3,7H,4,10H2. The lowest BCUT2D eigenvalue weighted by Crippen LogP contribution is -2.25. The van der Waals surface area contributed by atoms with Crippen LogP contribution in [0.25, 0.3) is 0 Å². The second-order valence-electron chi connectivity index (χ2n) is 3.26. The van der Waals surface area contributed by atoms with Gasteiger partial charge >= 0.3 is 5.97 Å². The summed E-state index contributed by atoms with van der Waals surface area (Å²) in [7, 11) is 0. The molecule has 0 aromatic heterocycles. The molecular formula is C9H8N2O4. The number of nitrogens with two attached hydrogens (primary N) is 1. The summed E-state index contributed by atoms with van der Waals surface area (Å²) < 4.78 is 4.90. The number of benzene rings is 1. The molecule has 0 aliphatic carbocycles. The van der Waals surface area contributed by atoms with Gasteiger partial charge in [0.1, 0.15) is 5.75 Å². The second kappa shape index (κ2) is 3.32. The highest BCUT2D eigenvalue weighted by atomic mass is 16.6. The van der Waals surface area contributed by atoms with Crippen LogP contribution in [-0.2, 0) is 4.79 Å². The van der Waals surface area contributed by atoms with E-state index in [4.69, 9.17) is 10.5 Å². The van der Waals surface area contributed by atoms with Crippen LogP contribution in [0.15, 0.2) is 18.2 Å². The number of hydrogen-bond donors (Lipinski definition) is 1. The fraction of sp³-hybridized carbons (Fsp3) is 0.222. The quantitative estimate of drug-likeness (QED) is 0.320. The zero-order valence-electron chi connectivity index (χ0n) is 7.67. The summed E-state index contributed by atoms with van der Waals surface area (Å²) in [5.74, 6) is -0.104. The van der Waals surface area contributed by atoms with Crippen molar-refractivity contribution in [1.29, 1.82) is 0 Å². The van der Waals surface area contributed by atoms with E-state index < -0.39 is 16.9 Å². The third-order valence-electron chi connectivity index (χ3n) is 2.21. The highest BCUT2D eigenvalue weighted by Gasteiger charge is 2.26. The number of nitro groups is 1. The summed E-state index contributed by atoms with van der Waals surface area (Å²) in [5, 5.41) is 10.5. The molecule has 0 spiro atoms. The number of carbonyl (C=O) groups excluding carboxylic acids is 1. The Morgan fingerprint density at radius 3 is 2.93 bits per heavy atom. The first-order valence-electron chi connectivity index (χ1n) is 4.32. The van der Waals surface area contributed by atoms with Gasteiger partial charge in [0.2, 0.25) is 0 Å². The molecule has 2 N–H and O–H groups in total. The van der Waals surface area contributed by atoms with Crippen LogP contribution in [-0.4, -0.2) is 10.9 Å². The fourth-order valence-corrected chi connectivity index (χ4v) is 1.49. The van der Waals surface area contributed by atoms with Crippen LogP contribution < -0.4 is 10.5 Å². The van der Waals surface area contributed by atoms with Gasteiger partial charge in [0.25, 0.3) is 5.69 Å². The van der Waals surface area contributed by atoms with Crippen LogP contribution in [0.3, 0.4) is 0 Å². The third kappa shape index (κ3) is 1.66. The van der Waals surface area contributed by atoms with Crippen LogP contribution in [0.4, 0.5) is 5.69 Å². The molecule has 0 saturated heterocycles. The van der Waals surface area contributed by atoms with Crippen molar-refractivity contribution in [2.45, 2.75) is 12.5 Å². The number of nitrogens with zero attached hydrogens (tertiary/aromatic N) is 1. The Bertz CT molecular complexity index is 444. The number of fused-ring (bicyclic) bond motifs is 1. The van der Waals surface area contributed by atoms with Crippen molar-refractivity contribution in [2.75, 3.05) is 0 Å². The molecule has 0 radical (unpaired) electrons. The van der Waals surface area contributed by atoms with Crippen LogP contribution >= 0.6 is 0 Å². The molecule has 1 unspecified atom stereocenters. The van der Waals surface area contributed by atoms with Crippen molar-refractivity contribution in [1.82, 2.24) is 0 Å². The maximum atomic E-state index is 11.0. The van der Waals surface area contributed by atoms with Gasteiger partial charge in [-0.05, 0) is 6.07 Å². The van der Waals surface area contributed by atoms with E-state index in [1.807, 2.05) is 0 Å². The van der Waals surface area contributed by atoms with Gasteiger partial charge in [0.15, 0.2) is 0 Å². The fourth-order valence-electron chi connectivity index (χ4n) is 1.49. The Morgan fingerprint density at radius 2 is 2.27 bits per heavy atom. The van der Waals surface area contributed by atoms with Crippen molar-refractivity contribution in [3.05, 3.63) is 33.9 Å². The Labute approximate surface area is 84.8 Å². The van der Waals surface area contributed by atoms with Crippen molar-refractivity contribution < 1.29 is 14.5 Å². The van der Waals surface area contributed by atoms with E-state index in [9.17, 15) is 14.9 Å². The van der Waals surface area contributed by atoms with Crippen molar-refractivity contribution in [2.24, 2.45) is 5.73 Å². The minimum atomic E-state index is -0.527. The molecule has 1 aliphatic rings. The summed E-state index contributed by atoms with van der Waals surface area (Å²) in [4.78, 5) is 21.0. The maximum absolute atomic E-state index is 11.0. The van der Waals surface area contributed by atoms with Crippen molar-refractivity contribution in [3.8, 4) is 5.75 Å². The van der Waals surface area contributed by atoms with E-state index in [2.05, 4.69) is 0 Å². The molecule has 0 saturated carbocycles. The summed E-state index contributed by atoms with van der Waals surface area (Å²) >= 11 is 0. The monoisotopic (exact) mass is 208 g/mol. The molecular weight excluding hydrogens is 200 g/mol. The Kier molecular flexibility index (Phi) is 2.12. The van der Waals surface area contributed by atoms with Crippen molar-refractivity contribution >= 4 is 11.7 Å². The van der Waals surface area contributed by atoms with E-state index in [0.717, 1.165) is 0 Å². The third-order valence-corrected chi connectivity index (χ3v) is 2.21. The lowest BCUT2D eigenvalue weighted by molar-refractivity contribution is -0.385. The van der Waals surface area contributed by atoms with E-state index in [1.54, 1.807) is 0 Å². The lowest BCUT2D eigenvalue weighted by Gasteiger charge is -2.20. The molecule has 1 atom stereocenters. The number of carbonyl (C=O) groups is 1. The van der Waals surface area contributed by atoms with Crippen molar-refractivity contribution in [3.63, 3.8) is 0 Å². The minimum absolute atomic E-state index is 0.0498. The first-order valence-corrected chi connectivity index (χ1v) is 4.32. The molecule has 6 nitrogen and oxygen atoms in total. The SMILES string of the molecule is NC1CC(=O)Oc2ccc([N+](=O)[O-])cc21. The van der Waals surface area contributed by atoms with Gasteiger partial charge in [-0.1, -0.05) is 0 Å². The molecule has 6 heteroatoms. The van der Waals surface area contributed by atoms with Gasteiger partial charge in [-0.3, -0.25) is 14.9 Å². The minimum Gasteiger partial charge on any atom is -0.426 e. The van der Waals surface area contributed by atoms with Crippen LogP contribution in [0.2, 0.25) is 0 Å². The van der Waals surface area contributed by atoms with Gasteiger partial charge in [-0.2, -0.15) is 0 Å². The molecule has 1 heterocycles. The van der Waals surface area contributed by atoms with Gasteiger partial charge in [-0.25, -0.2) is 0 Å². The number of ether oxygens (including phenoxy) is 1. The zero-order chi connectivity index (χ0) is 11.0. The summed E-state index contributed by atoms with van der Waals surface area (Å²) in [5.41, 5.74) is 6.13. The highest BCUT2D eigenvalue weighted by molar-refractivity contribution is 5.76. The highest BCUT2D eigenvalue weighted by Crippen LogP contribution is 2.33. The molecule has 0 bridgehead atoms. The molecule has 0 fully saturated rings. The predicted octanol–water partition coefficient (Wildman–Crippen LogP) is 0.904. The van der Waals surface area contributed by atoms with E-state index in [1.165, 1.54) is 18.2 Å². The van der Waals surface area contributed by atoms with E-state index in [0.29, 0.717) is 11.3 Å². The predicted molar refractivity (Wildman–Crippen MR) is 50.3 cm³/mol. The largest absolute Gasteiger partial charge is 0.426 e. The van der Waals surface area contributed by atoms with E-state index in [-0.39, 0.29) is 12.1 Å². The van der Waals surface area contributed by atoms with Crippen LogP contribution in [0, 0.1) is 10.1 Å². The average Bonchev–Trinajstić information content (AvgIpc) is 2.16. The van der Waals surface area contributed by atoms with Crippen LogP contribution in [0.1, 0.15) is 18.0 Å². The molecule has 1 aromatic carbocycles. The average molecular weight is 208 g/mol. The normalized spacial score (nSPS) is 19.3. The van der Waals surface area contributed by atoms with E-state index >= 15 is 0 Å². The molecule has 1 aliphatic heterocycles. The van der Waals surface area contributed by atoms with Gasteiger partial charge < -0.3 is 10.5 Å². The Morgan fingerprint density at radius 1 is 1.53 bits per heavy atom. The first kappa shape index (κ1) is 9.60. The number of esters is 1. The Balaban J connectivity index is 2.48. The number of non-ortho nitro benzene ring substituents is 1. The smallest absolute Gasteiger partial charge is 0.313 e. The van der Waals surface area contributed by atoms with Gasteiger partial charge in [0.05, 0.1) is 11.3 Å². The molecule has 15 heavy (non-hydrogen) atoms. The maximum Gasteiger partial charge on any atom is 0.313 e. The second-order valence-corrected chi connectivity index (χ2v) is 3.26. The molecule has 2 rings (SSSR count). The zero-order valence-corrected chi connectivity index (χ0v) is 7.67. The summed E-state index contributed by atoms with van der Waals surface area (Å²) in [6.07, 6.45) is 0.0498.